The summed E-state index contributed by atoms with van der Waals surface area (Å²) in [4.78, 5) is 11.4. The van der Waals surface area contributed by atoms with Crippen molar-refractivity contribution >= 4 is 36.1 Å². The van der Waals surface area contributed by atoms with E-state index in [4.69, 9.17) is 16.1 Å². The van der Waals surface area contributed by atoms with Gasteiger partial charge in [0.1, 0.15) is 5.71 Å². The fourth-order valence-electron chi connectivity index (χ4n) is 1.52. The summed E-state index contributed by atoms with van der Waals surface area (Å²) in [6, 6.07) is 6.18. The summed E-state index contributed by atoms with van der Waals surface area (Å²) in [5.41, 5.74) is 0.0608. The molecule has 1 aromatic rings. The van der Waals surface area contributed by atoms with Crippen molar-refractivity contribution in [3.05, 3.63) is 41.5 Å². The van der Waals surface area contributed by atoms with Crippen LogP contribution in [0.3, 0.4) is 0 Å². The summed E-state index contributed by atoms with van der Waals surface area (Å²) in [7, 11) is 1.29. The van der Waals surface area contributed by atoms with E-state index in [0.29, 0.717) is 0 Å². The van der Waals surface area contributed by atoms with Gasteiger partial charge in [0.05, 0.1) is 4.91 Å². The fraction of sp³-hybridized carbons (Fsp3) is 0.167. The highest BCUT2D eigenvalue weighted by molar-refractivity contribution is 8.21. The molecule has 0 unspecified atom stereocenters. The standard InChI is InChI=1S/C10H6ClNO3S.C2H6/c11-16(14,15)9-5-8(12)10(13)7-4-2-1-3-6(7)9;1-2/h1-5,12H;1-2H3. The second kappa shape index (κ2) is 5.46. The van der Waals surface area contributed by atoms with Gasteiger partial charge in [0.2, 0.25) is 5.78 Å². The number of carbonyl (C=O) groups excluding carboxylic acids is 1. The first-order valence-corrected chi connectivity index (χ1v) is 7.61. The molecule has 1 N–H and O–H groups in total. The molecule has 6 heteroatoms. The Morgan fingerprint density at radius 3 is 2.11 bits per heavy atom. The van der Waals surface area contributed by atoms with Crippen LogP contribution in [0, 0.1) is 5.41 Å². The first-order chi connectivity index (χ1) is 8.41. The Labute approximate surface area is 110 Å². The van der Waals surface area contributed by atoms with Gasteiger partial charge in [0, 0.05) is 21.8 Å². The van der Waals surface area contributed by atoms with Gasteiger partial charge in [-0.05, 0) is 6.08 Å². The highest BCUT2D eigenvalue weighted by Crippen LogP contribution is 2.31. The van der Waals surface area contributed by atoms with Crippen LogP contribution in [0.15, 0.2) is 30.3 Å². The summed E-state index contributed by atoms with van der Waals surface area (Å²) < 4.78 is 22.6. The Balaban J connectivity index is 0.000000771. The Hall–Kier alpha value is -1.46. The molecule has 0 saturated heterocycles. The highest BCUT2D eigenvalue weighted by Gasteiger charge is 2.28. The van der Waals surface area contributed by atoms with E-state index in [1.165, 1.54) is 12.1 Å². The van der Waals surface area contributed by atoms with Crippen LogP contribution in [0.25, 0.3) is 4.91 Å². The number of halogens is 1. The number of nitrogens with one attached hydrogen (secondary N) is 1. The number of hydrogen-bond acceptors (Lipinski definition) is 4. The molecule has 1 aliphatic rings. The minimum absolute atomic E-state index is 0.189. The number of benzene rings is 1. The van der Waals surface area contributed by atoms with Crippen LogP contribution in [-0.4, -0.2) is 19.9 Å². The molecule has 0 atom stereocenters. The molecule has 1 aliphatic carbocycles. The molecule has 2 rings (SSSR count). The van der Waals surface area contributed by atoms with Crippen LogP contribution in [0.5, 0.6) is 0 Å². The monoisotopic (exact) mass is 285 g/mol. The van der Waals surface area contributed by atoms with Crippen LogP contribution in [0.1, 0.15) is 29.8 Å². The predicted octanol–water partition coefficient (Wildman–Crippen LogP) is 2.84. The topological polar surface area (TPSA) is 75.1 Å². The normalized spacial score (nSPS) is 14.3. The number of fused-ring (bicyclic) bond motifs is 1. The molecule has 0 radical (unpaired) electrons. The first kappa shape index (κ1) is 14.6. The molecule has 0 aliphatic heterocycles. The van der Waals surface area contributed by atoms with E-state index in [1.54, 1.807) is 12.1 Å². The Kier molecular flexibility index (Phi) is 4.43. The minimum atomic E-state index is -3.96. The molecule has 0 aromatic heterocycles. The second-order valence-corrected chi connectivity index (χ2v) is 5.77. The van der Waals surface area contributed by atoms with Crippen molar-refractivity contribution in [2.45, 2.75) is 13.8 Å². The Morgan fingerprint density at radius 2 is 1.61 bits per heavy atom. The third-order valence-corrected chi connectivity index (χ3v) is 3.58. The average molecular weight is 286 g/mol. The van der Waals surface area contributed by atoms with Gasteiger partial charge >= 0.3 is 0 Å². The summed E-state index contributed by atoms with van der Waals surface area (Å²) in [5.74, 6) is -0.500. The lowest BCUT2D eigenvalue weighted by molar-refractivity contribution is 0.106. The van der Waals surface area contributed by atoms with Gasteiger partial charge in [-0.15, -0.1) is 0 Å². The van der Waals surface area contributed by atoms with E-state index in [9.17, 15) is 13.2 Å². The van der Waals surface area contributed by atoms with Gasteiger partial charge < -0.3 is 0 Å². The maximum absolute atomic E-state index is 11.6. The lowest BCUT2D eigenvalue weighted by Gasteiger charge is -2.14. The summed E-state index contributed by atoms with van der Waals surface area (Å²) in [5, 5.41) is 7.39. The van der Waals surface area contributed by atoms with Gasteiger partial charge in [-0.3, -0.25) is 10.2 Å². The van der Waals surface area contributed by atoms with Crippen LogP contribution < -0.4 is 0 Å². The quantitative estimate of drug-likeness (QED) is 0.806. The number of rotatable bonds is 1. The van der Waals surface area contributed by atoms with E-state index in [2.05, 4.69) is 0 Å². The van der Waals surface area contributed by atoms with Crippen LogP contribution in [-0.2, 0) is 9.05 Å². The highest BCUT2D eigenvalue weighted by atomic mass is 35.7. The zero-order valence-electron chi connectivity index (χ0n) is 9.90. The number of Topliss-reactive ketones (excluding diaryl/α,β-unsaturated/α-hetero) is 1. The number of allylic oxidation sites excluding steroid dienone is 1. The van der Waals surface area contributed by atoms with Crippen molar-refractivity contribution in [1.29, 1.82) is 5.41 Å². The molecule has 96 valence electrons. The molecule has 0 spiro atoms. The third kappa shape index (κ3) is 2.68. The Bertz CT molecular complexity index is 632. The molecule has 18 heavy (non-hydrogen) atoms. The molecule has 1 aromatic carbocycles. The largest absolute Gasteiger partial charge is 0.297 e. The average Bonchev–Trinajstić information content (AvgIpc) is 2.35. The van der Waals surface area contributed by atoms with E-state index in [0.717, 1.165) is 6.08 Å². The zero-order valence-corrected chi connectivity index (χ0v) is 11.5. The van der Waals surface area contributed by atoms with Gasteiger partial charge in [0.25, 0.3) is 9.05 Å². The van der Waals surface area contributed by atoms with E-state index in [-0.39, 0.29) is 21.7 Å². The van der Waals surface area contributed by atoms with Crippen LogP contribution in [0.4, 0.5) is 0 Å². The molecular weight excluding hydrogens is 274 g/mol. The number of ketones is 1. The minimum Gasteiger partial charge on any atom is -0.297 e. The summed E-state index contributed by atoms with van der Waals surface area (Å²) in [6.07, 6.45) is 0.979. The summed E-state index contributed by atoms with van der Waals surface area (Å²) in [6.45, 7) is 4.00. The van der Waals surface area contributed by atoms with Crippen molar-refractivity contribution in [2.24, 2.45) is 0 Å². The molecular formula is C12H12ClNO3S. The number of carbonyl (C=O) groups is 1. The molecule has 4 nitrogen and oxygen atoms in total. The van der Waals surface area contributed by atoms with Gasteiger partial charge in [-0.1, -0.05) is 38.1 Å². The smallest absolute Gasteiger partial charge is 0.262 e. The lowest BCUT2D eigenvalue weighted by atomic mass is 9.95. The Morgan fingerprint density at radius 1 is 1.11 bits per heavy atom. The van der Waals surface area contributed by atoms with Gasteiger partial charge in [-0.2, -0.15) is 0 Å². The zero-order chi connectivity index (χ0) is 13.9. The lowest BCUT2D eigenvalue weighted by Crippen LogP contribution is -2.19. The molecule has 0 bridgehead atoms. The molecule has 0 heterocycles. The van der Waals surface area contributed by atoms with Gasteiger partial charge in [0.15, 0.2) is 0 Å². The molecule has 0 amide bonds. The molecule has 0 saturated carbocycles. The SMILES string of the molecule is CC.N=C1C=C(S(=O)(=O)Cl)c2ccccc2C1=O. The second-order valence-electron chi connectivity index (χ2n) is 3.23. The van der Waals surface area contributed by atoms with Crippen molar-refractivity contribution in [3.8, 4) is 0 Å². The van der Waals surface area contributed by atoms with Crippen molar-refractivity contribution < 1.29 is 13.2 Å². The van der Waals surface area contributed by atoms with Crippen molar-refractivity contribution in [2.75, 3.05) is 0 Å². The fourth-order valence-corrected chi connectivity index (χ4v) is 2.60. The van der Waals surface area contributed by atoms with Crippen molar-refractivity contribution in [1.82, 2.24) is 0 Å². The van der Waals surface area contributed by atoms with E-state index >= 15 is 0 Å². The maximum Gasteiger partial charge on any atom is 0.262 e. The summed E-state index contributed by atoms with van der Waals surface area (Å²) >= 11 is 0. The third-order valence-electron chi connectivity index (χ3n) is 2.22. The van der Waals surface area contributed by atoms with Crippen LogP contribution >= 0.6 is 10.7 Å². The van der Waals surface area contributed by atoms with E-state index in [1.807, 2.05) is 13.8 Å². The number of hydrogen-bond donors (Lipinski definition) is 1. The first-order valence-electron chi connectivity index (χ1n) is 5.30. The van der Waals surface area contributed by atoms with Gasteiger partial charge in [-0.25, -0.2) is 8.42 Å². The van der Waals surface area contributed by atoms with E-state index < -0.39 is 14.8 Å². The van der Waals surface area contributed by atoms with Crippen molar-refractivity contribution in [3.63, 3.8) is 0 Å². The predicted molar refractivity (Wildman–Crippen MR) is 72.6 cm³/mol. The molecule has 0 fully saturated rings. The van der Waals surface area contributed by atoms with Crippen LogP contribution in [0.2, 0.25) is 0 Å². The maximum atomic E-state index is 11.6.